The van der Waals surface area contributed by atoms with E-state index in [0.717, 1.165) is 95.8 Å². The molecule has 0 aromatic rings. The van der Waals surface area contributed by atoms with E-state index in [-0.39, 0.29) is 25.7 Å². The molecule has 0 aliphatic rings. The molecule has 2 unspecified atom stereocenters. The Morgan fingerprint density at radius 1 is 0.265 bits per heavy atom. The van der Waals surface area contributed by atoms with Gasteiger partial charge in [0, 0.05) is 25.7 Å². The molecule has 0 aromatic heterocycles. The van der Waals surface area contributed by atoms with Crippen LogP contribution in [0, 0.1) is 5.92 Å². The monoisotopic (exact) mass is 1490 g/mol. The van der Waals surface area contributed by atoms with Crippen LogP contribution in [0.1, 0.15) is 446 Å². The molecule has 0 aliphatic carbocycles. The fourth-order valence-electron chi connectivity index (χ4n) is 12.9. The van der Waals surface area contributed by atoms with Crippen LogP contribution in [0.25, 0.3) is 0 Å². The highest BCUT2D eigenvalue weighted by Crippen LogP contribution is 2.45. The molecular formula is C83H162O17P2. The summed E-state index contributed by atoms with van der Waals surface area (Å²) in [5.41, 5.74) is 0. The Balaban J connectivity index is 5.25. The van der Waals surface area contributed by atoms with Crippen molar-refractivity contribution in [2.75, 3.05) is 39.6 Å². The maximum atomic E-state index is 13.1. The van der Waals surface area contributed by atoms with Crippen molar-refractivity contribution in [2.24, 2.45) is 5.92 Å². The molecule has 0 saturated heterocycles. The third kappa shape index (κ3) is 76.3. The number of rotatable bonds is 83. The van der Waals surface area contributed by atoms with Crippen molar-refractivity contribution in [2.45, 2.75) is 464 Å². The van der Waals surface area contributed by atoms with E-state index >= 15 is 0 Å². The lowest BCUT2D eigenvalue weighted by molar-refractivity contribution is -0.161. The van der Waals surface area contributed by atoms with E-state index in [0.29, 0.717) is 25.7 Å². The zero-order chi connectivity index (χ0) is 74.8. The fourth-order valence-corrected chi connectivity index (χ4v) is 14.5. The van der Waals surface area contributed by atoms with Crippen LogP contribution >= 0.6 is 15.6 Å². The highest BCUT2D eigenvalue weighted by molar-refractivity contribution is 7.47. The second kappa shape index (κ2) is 75.9. The van der Waals surface area contributed by atoms with Crippen LogP contribution in [-0.2, 0) is 65.4 Å². The number of aliphatic hydroxyl groups is 1. The normalized spacial score (nSPS) is 13.8. The number of hydrogen-bond acceptors (Lipinski definition) is 15. The summed E-state index contributed by atoms with van der Waals surface area (Å²) in [6.45, 7) is 7.32. The molecule has 0 bridgehead atoms. The maximum absolute atomic E-state index is 13.1. The van der Waals surface area contributed by atoms with E-state index in [4.69, 9.17) is 37.0 Å². The van der Waals surface area contributed by atoms with Gasteiger partial charge in [0.2, 0.25) is 0 Å². The van der Waals surface area contributed by atoms with Crippen molar-refractivity contribution in [3.05, 3.63) is 0 Å². The number of hydrogen-bond donors (Lipinski definition) is 3. The van der Waals surface area contributed by atoms with Gasteiger partial charge < -0.3 is 33.8 Å². The predicted octanol–water partition coefficient (Wildman–Crippen LogP) is 25.2. The first-order valence-electron chi connectivity index (χ1n) is 43.1. The largest absolute Gasteiger partial charge is 0.472 e. The minimum atomic E-state index is -4.96. The molecule has 0 saturated carbocycles. The van der Waals surface area contributed by atoms with E-state index in [2.05, 4.69) is 34.6 Å². The first-order chi connectivity index (χ1) is 49.5. The van der Waals surface area contributed by atoms with Crippen molar-refractivity contribution in [1.29, 1.82) is 0 Å². The highest BCUT2D eigenvalue weighted by Gasteiger charge is 2.30. The van der Waals surface area contributed by atoms with Crippen molar-refractivity contribution >= 4 is 39.5 Å². The van der Waals surface area contributed by atoms with Crippen LogP contribution in [0.2, 0.25) is 0 Å². The van der Waals surface area contributed by atoms with E-state index < -0.39 is 97.5 Å². The Morgan fingerprint density at radius 3 is 0.667 bits per heavy atom. The van der Waals surface area contributed by atoms with Crippen LogP contribution in [0.3, 0.4) is 0 Å². The molecule has 0 amide bonds. The molecule has 19 heteroatoms. The van der Waals surface area contributed by atoms with E-state index in [9.17, 15) is 43.2 Å². The lowest BCUT2D eigenvalue weighted by Gasteiger charge is -2.21. The average molecular weight is 1490 g/mol. The second-order valence-electron chi connectivity index (χ2n) is 30.3. The van der Waals surface area contributed by atoms with Crippen molar-refractivity contribution in [3.63, 3.8) is 0 Å². The molecule has 0 rings (SSSR count). The summed E-state index contributed by atoms with van der Waals surface area (Å²) in [6, 6.07) is 0. The summed E-state index contributed by atoms with van der Waals surface area (Å²) >= 11 is 0. The molecular weight excluding hydrogens is 1330 g/mol. The third-order valence-electron chi connectivity index (χ3n) is 19.5. The second-order valence-corrected chi connectivity index (χ2v) is 33.3. The standard InChI is InChI=1S/C83H162O17P2/c1-6-9-12-15-18-21-24-27-30-33-35-38-41-44-47-54-59-64-69-82(87)99-78(72-93-80(85)66-61-56-51-45-42-39-37-34-31-28-25-22-19-16-13-10-7-2)74-97-101(89,90)95-70-77(84)71-96-102(91,92)98-75-79(73-94-81(86)67-62-57-52-49-48-50-55-60-65-76(4)5)100-83(88)68-63-58-53-46-43-40-36-32-29-26-23-20-17-14-11-8-3/h76-79,84H,6-75H2,1-5H3,(H,89,90)(H,91,92)/t77-,78-,79-/m1/s1. The molecule has 102 heavy (non-hydrogen) atoms. The van der Waals surface area contributed by atoms with E-state index in [1.807, 2.05) is 0 Å². The molecule has 0 spiro atoms. The van der Waals surface area contributed by atoms with Crippen molar-refractivity contribution < 1.29 is 80.2 Å². The van der Waals surface area contributed by atoms with Gasteiger partial charge in [0.25, 0.3) is 0 Å². The molecule has 0 aromatic carbocycles. The molecule has 0 aliphatic heterocycles. The predicted molar refractivity (Wildman–Crippen MR) is 418 cm³/mol. The van der Waals surface area contributed by atoms with Crippen LogP contribution in [0.15, 0.2) is 0 Å². The molecule has 0 heterocycles. The fraction of sp³-hybridized carbons (Fsp3) is 0.952. The number of carbonyl (C=O) groups excluding carboxylic acids is 4. The van der Waals surface area contributed by atoms with Gasteiger partial charge in [-0.3, -0.25) is 37.3 Å². The number of unbranched alkanes of at least 4 members (excludes halogenated alkanes) is 55. The summed E-state index contributed by atoms with van der Waals surface area (Å²) in [5, 5.41) is 10.7. The number of phosphoric ester groups is 2. The third-order valence-corrected chi connectivity index (χ3v) is 21.4. The van der Waals surface area contributed by atoms with Gasteiger partial charge in [-0.1, -0.05) is 394 Å². The Hall–Kier alpha value is -1.94. The van der Waals surface area contributed by atoms with E-state index in [1.165, 1.54) is 270 Å². The summed E-state index contributed by atoms with van der Waals surface area (Å²) in [4.78, 5) is 73.1. The summed E-state index contributed by atoms with van der Waals surface area (Å²) in [6.07, 6.45) is 68.0. The quantitative estimate of drug-likeness (QED) is 0.0222. The smallest absolute Gasteiger partial charge is 0.462 e. The van der Waals surface area contributed by atoms with Crippen LogP contribution in [0.5, 0.6) is 0 Å². The Morgan fingerprint density at radius 2 is 0.451 bits per heavy atom. The van der Waals surface area contributed by atoms with Gasteiger partial charge in [0.05, 0.1) is 26.4 Å². The number of carbonyl (C=O) groups is 4. The van der Waals surface area contributed by atoms with Gasteiger partial charge in [-0.15, -0.1) is 0 Å². The van der Waals surface area contributed by atoms with Crippen LogP contribution < -0.4 is 0 Å². The van der Waals surface area contributed by atoms with Gasteiger partial charge in [-0.2, -0.15) is 0 Å². The molecule has 17 nitrogen and oxygen atoms in total. The Bertz CT molecular complexity index is 1940. The molecule has 0 fully saturated rings. The summed E-state index contributed by atoms with van der Waals surface area (Å²) in [5.74, 6) is -1.38. The summed E-state index contributed by atoms with van der Waals surface area (Å²) < 4.78 is 68.8. The van der Waals surface area contributed by atoms with Gasteiger partial charge in [-0.25, -0.2) is 9.13 Å². The van der Waals surface area contributed by atoms with Gasteiger partial charge >= 0.3 is 39.5 Å². The number of esters is 4. The van der Waals surface area contributed by atoms with Crippen molar-refractivity contribution in [3.8, 4) is 0 Å². The minimum absolute atomic E-state index is 0.108. The Kier molecular flexibility index (Phi) is 74.4. The topological polar surface area (TPSA) is 237 Å². The van der Waals surface area contributed by atoms with Gasteiger partial charge in [0.1, 0.15) is 19.3 Å². The number of aliphatic hydroxyl groups excluding tert-OH is 1. The zero-order valence-electron chi connectivity index (χ0n) is 66.8. The lowest BCUT2D eigenvalue weighted by atomic mass is 10.0. The molecule has 0 radical (unpaired) electrons. The van der Waals surface area contributed by atoms with Gasteiger partial charge in [-0.05, 0) is 31.6 Å². The van der Waals surface area contributed by atoms with E-state index in [1.54, 1.807) is 0 Å². The Labute approximate surface area is 626 Å². The summed E-state index contributed by atoms with van der Waals surface area (Å²) in [7, 11) is -9.92. The SMILES string of the molecule is CCCCCCCCCCCCCCCCCCCCC(=O)O[C@H](COC(=O)CCCCCCCCCCCCCCCCCCC)COP(=O)(O)OC[C@@H](O)COP(=O)(O)OC[C@@H](COC(=O)CCCCCCCCCCC(C)C)OC(=O)CCCCCCCCCCCCCCCCCC. The molecule has 3 N–H and O–H groups in total. The first kappa shape index (κ1) is 100. The highest BCUT2D eigenvalue weighted by atomic mass is 31.2. The number of ether oxygens (including phenoxy) is 4. The maximum Gasteiger partial charge on any atom is 0.472 e. The first-order valence-corrected chi connectivity index (χ1v) is 46.1. The lowest BCUT2D eigenvalue weighted by Crippen LogP contribution is -2.30. The van der Waals surface area contributed by atoms with Crippen LogP contribution in [0.4, 0.5) is 0 Å². The molecule has 5 atom stereocenters. The molecule has 606 valence electrons. The average Bonchev–Trinajstić information content (AvgIpc) is 0.921. The zero-order valence-corrected chi connectivity index (χ0v) is 68.5. The van der Waals surface area contributed by atoms with Crippen molar-refractivity contribution in [1.82, 2.24) is 0 Å². The number of phosphoric acid groups is 2. The van der Waals surface area contributed by atoms with Crippen LogP contribution in [-0.4, -0.2) is 96.7 Å². The van der Waals surface area contributed by atoms with Gasteiger partial charge in [0.15, 0.2) is 12.2 Å². The minimum Gasteiger partial charge on any atom is -0.462 e.